The summed E-state index contributed by atoms with van der Waals surface area (Å²) in [7, 11) is 3.57. The van der Waals surface area contributed by atoms with Crippen molar-refractivity contribution in [2.24, 2.45) is 0 Å². The maximum absolute atomic E-state index is 11.2. The number of carboxylic acids is 1. The van der Waals surface area contributed by atoms with Crippen molar-refractivity contribution in [2.45, 2.75) is 19.1 Å². The van der Waals surface area contributed by atoms with Crippen LogP contribution in [-0.4, -0.2) is 48.0 Å². The van der Waals surface area contributed by atoms with Gasteiger partial charge in [-0.1, -0.05) is 24.3 Å². The number of aliphatic hydroxyl groups excluding tert-OH is 2. The molecular formula is C20H26N2O6. The normalized spacial score (nSPS) is 12.0. The summed E-state index contributed by atoms with van der Waals surface area (Å²) in [6, 6.07) is 13.5. The van der Waals surface area contributed by atoms with Crippen LogP contribution in [0.25, 0.3) is 0 Å². The van der Waals surface area contributed by atoms with Crippen LogP contribution < -0.4 is 10.6 Å². The Morgan fingerprint density at radius 3 is 1.57 bits per heavy atom. The molecule has 0 aliphatic heterocycles. The number of benzene rings is 2. The van der Waals surface area contributed by atoms with Crippen LogP contribution in [0.2, 0.25) is 0 Å². The highest BCUT2D eigenvalue weighted by Crippen LogP contribution is 2.17. The molecule has 0 bridgehead atoms. The van der Waals surface area contributed by atoms with Crippen molar-refractivity contribution in [3.8, 4) is 0 Å². The van der Waals surface area contributed by atoms with Crippen molar-refractivity contribution in [1.82, 2.24) is 0 Å². The van der Waals surface area contributed by atoms with E-state index < -0.39 is 24.1 Å². The Hall–Kier alpha value is -3.10. The molecule has 2 aromatic rings. The number of aliphatic carboxylic acids is 1. The molecule has 0 radical (unpaired) electrons. The van der Waals surface area contributed by atoms with E-state index in [9.17, 15) is 14.7 Å². The second-order valence-electron chi connectivity index (χ2n) is 5.64. The van der Waals surface area contributed by atoms with E-state index in [2.05, 4.69) is 10.6 Å². The summed E-state index contributed by atoms with van der Waals surface area (Å²) in [5.74, 6) is -1.85. The molecule has 0 saturated heterocycles. The van der Waals surface area contributed by atoms with E-state index in [4.69, 9.17) is 14.9 Å². The van der Waals surface area contributed by atoms with Gasteiger partial charge in [0, 0.05) is 25.5 Å². The van der Waals surface area contributed by atoms with Gasteiger partial charge in [-0.15, -0.1) is 0 Å². The molecule has 8 nitrogen and oxygen atoms in total. The third-order valence-electron chi connectivity index (χ3n) is 3.77. The zero-order valence-corrected chi connectivity index (χ0v) is 16.0. The predicted molar refractivity (Wildman–Crippen MR) is 106 cm³/mol. The van der Waals surface area contributed by atoms with E-state index >= 15 is 0 Å². The number of rotatable bonds is 7. The van der Waals surface area contributed by atoms with E-state index in [1.54, 1.807) is 69.6 Å². The Kier molecular flexibility index (Phi) is 9.49. The molecule has 0 unspecified atom stereocenters. The number of aliphatic hydroxyl groups is 2. The summed E-state index contributed by atoms with van der Waals surface area (Å²) >= 11 is 0. The first-order valence-electron chi connectivity index (χ1n) is 8.65. The van der Waals surface area contributed by atoms with Gasteiger partial charge in [-0.3, -0.25) is 0 Å². The molecule has 0 aromatic heterocycles. The highest BCUT2D eigenvalue weighted by atomic mass is 16.5. The number of carboxylic acid groups (broad SMARTS) is 1. The fourth-order valence-electron chi connectivity index (χ4n) is 2.16. The summed E-state index contributed by atoms with van der Waals surface area (Å²) in [6.07, 6.45) is -2.64. The average molecular weight is 390 g/mol. The van der Waals surface area contributed by atoms with Crippen LogP contribution in [-0.2, 0) is 14.3 Å². The molecule has 0 aliphatic carbocycles. The number of hydrogen-bond donors (Lipinski definition) is 5. The van der Waals surface area contributed by atoms with Crippen LogP contribution in [0.5, 0.6) is 0 Å². The fourth-order valence-corrected chi connectivity index (χ4v) is 2.16. The van der Waals surface area contributed by atoms with Crippen molar-refractivity contribution in [2.75, 3.05) is 31.3 Å². The molecule has 5 N–H and O–H groups in total. The lowest BCUT2D eigenvalue weighted by molar-refractivity contribution is -0.153. The Balaban J connectivity index is 0.000000283. The van der Waals surface area contributed by atoms with Crippen LogP contribution >= 0.6 is 0 Å². The number of hydrogen-bond acceptors (Lipinski definition) is 7. The highest BCUT2D eigenvalue weighted by molar-refractivity contribution is 5.76. The molecule has 0 fully saturated rings. The Morgan fingerprint density at radius 2 is 1.25 bits per heavy atom. The molecule has 0 aliphatic rings. The van der Waals surface area contributed by atoms with Gasteiger partial charge in [0.25, 0.3) is 0 Å². The van der Waals surface area contributed by atoms with Crippen LogP contribution in [0.3, 0.4) is 0 Å². The van der Waals surface area contributed by atoms with Gasteiger partial charge in [0.05, 0.1) is 6.61 Å². The first-order chi connectivity index (χ1) is 13.3. The van der Waals surface area contributed by atoms with Gasteiger partial charge in [-0.05, 0) is 42.3 Å². The molecule has 0 saturated carbocycles. The quantitative estimate of drug-likeness (QED) is 0.455. The van der Waals surface area contributed by atoms with E-state index in [0.29, 0.717) is 11.1 Å². The topological polar surface area (TPSA) is 128 Å². The van der Waals surface area contributed by atoms with Gasteiger partial charge in [-0.2, -0.15) is 0 Å². The molecule has 0 heterocycles. The number of nitrogens with one attached hydrogen (secondary N) is 2. The molecule has 0 amide bonds. The van der Waals surface area contributed by atoms with E-state index in [1.165, 1.54) is 0 Å². The minimum atomic E-state index is -1.44. The van der Waals surface area contributed by atoms with Gasteiger partial charge in [0.15, 0.2) is 12.2 Å². The fraction of sp³-hybridized carbons (Fsp3) is 0.300. The summed E-state index contributed by atoms with van der Waals surface area (Å²) < 4.78 is 4.71. The Bertz CT molecular complexity index is 746. The van der Waals surface area contributed by atoms with Crippen LogP contribution in [0.4, 0.5) is 11.4 Å². The molecule has 152 valence electrons. The molecule has 28 heavy (non-hydrogen) atoms. The number of anilines is 2. The summed E-state index contributed by atoms with van der Waals surface area (Å²) in [5, 5.41) is 33.1. The number of esters is 1. The first-order valence-corrected chi connectivity index (χ1v) is 8.65. The highest BCUT2D eigenvalue weighted by Gasteiger charge is 2.18. The summed E-state index contributed by atoms with van der Waals surface area (Å²) in [6.45, 7) is 1.97. The molecule has 8 heteroatoms. The van der Waals surface area contributed by atoms with Gasteiger partial charge < -0.3 is 30.7 Å². The minimum absolute atomic E-state index is 0.268. The van der Waals surface area contributed by atoms with Gasteiger partial charge in [0.2, 0.25) is 0 Å². The SMILES string of the molecule is CCOC(=O)[C@H](O)c1ccc(NC)cc1.CNc1ccc([C@@H](O)C(=O)O)cc1. The largest absolute Gasteiger partial charge is 0.479 e. The lowest BCUT2D eigenvalue weighted by atomic mass is 10.1. The van der Waals surface area contributed by atoms with Crippen molar-refractivity contribution in [1.29, 1.82) is 0 Å². The minimum Gasteiger partial charge on any atom is -0.479 e. The molecular weight excluding hydrogens is 364 g/mol. The third-order valence-corrected chi connectivity index (χ3v) is 3.77. The number of ether oxygens (including phenoxy) is 1. The molecule has 0 spiro atoms. The van der Waals surface area contributed by atoms with E-state index in [-0.39, 0.29) is 6.61 Å². The Labute approximate surface area is 163 Å². The maximum Gasteiger partial charge on any atom is 0.339 e. The lowest BCUT2D eigenvalue weighted by Gasteiger charge is -2.10. The van der Waals surface area contributed by atoms with Crippen LogP contribution in [0.1, 0.15) is 30.3 Å². The zero-order chi connectivity index (χ0) is 21.1. The van der Waals surface area contributed by atoms with Crippen LogP contribution in [0, 0.1) is 0 Å². The van der Waals surface area contributed by atoms with Gasteiger partial charge in [-0.25, -0.2) is 9.59 Å². The summed E-state index contributed by atoms with van der Waals surface area (Å²) in [5.41, 5.74) is 2.72. The standard InChI is InChI=1S/C11H15NO3.C9H11NO3/c1-3-15-11(14)10(13)8-4-6-9(12-2)7-5-8;1-10-7-4-2-6(3-5-7)8(11)9(12)13/h4-7,10,12-13H,3H2,1-2H3;2-5,8,10-11H,1H3,(H,12,13)/t10-;8-/m11/s1. The zero-order valence-electron chi connectivity index (χ0n) is 16.0. The van der Waals surface area contributed by atoms with E-state index in [1.807, 2.05) is 0 Å². The smallest absolute Gasteiger partial charge is 0.339 e. The van der Waals surface area contributed by atoms with Crippen molar-refractivity contribution < 1.29 is 29.6 Å². The van der Waals surface area contributed by atoms with Crippen molar-refractivity contribution in [3.05, 3.63) is 59.7 Å². The number of carbonyl (C=O) groups excluding carboxylic acids is 1. The van der Waals surface area contributed by atoms with Gasteiger partial charge >= 0.3 is 11.9 Å². The third kappa shape index (κ3) is 6.90. The van der Waals surface area contributed by atoms with Crippen LogP contribution in [0.15, 0.2) is 48.5 Å². The second-order valence-corrected chi connectivity index (χ2v) is 5.64. The predicted octanol–water partition coefficient (Wildman–Crippen LogP) is 2.17. The molecule has 2 atom stereocenters. The monoisotopic (exact) mass is 390 g/mol. The van der Waals surface area contributed by atoms with Crippen molar-refractivity contribution in [3.63, 3.8) is 0 Å². The second kappa shape index (κ2) is 11.6. The lowest BCUT2D eigenvalue weighted by Crippen LogP contribution is -2.15. The molecule has 2 rings (SSSR count). The van der Waals surface area contributed by atoms with Crippen molar-refractivity contribution >= 4 is 23.3 Å². The Morgan fingerprint density at radius 1 is 0.857 bits per heavy atom. The summed E-state index contributed by atoms with van der Waals surface area (Å²) in [4.78, 5) is 21.6. The maximum atomic E-state index is 11.2. The molecule has 2 aromatic carbocycles. The average Bonchev–Trinajstić information content (AvgIpc) is 2.73. The first kappa shape index (κ1) is 22.9. The number of carbonyl (C=O) groups is 2. The van der Waals surface area contributed by atoms with Gasteiger partial charge in [0.1, 0.15) is 0 Å². The van der Waals surface area contributed by atoms with E-state index in [0.717, 1.165) is 11.4 Å².